The number of hydrogen-bond acceptors (Lipinski definition) is 7. The van der Waals surface area contributed by atoms with Crippen molar-refractivity contribution < 1.29 is 37.6 Å². The van der Waals surface area contributed by atoms with E-state index < -0.39 is 26.6 Å². The van der Waals surface area contributed by atoms with Gasteiger partial charge < -0.3 is 28.3 Å². The third-order valence-corrected chi connectivity index (χ3v) is 6.71. The van der Waals surface area contributed by atoms with Gasteiger partial charge in [-0.05, 0) is 12.8 Å². The summed E-state index contributed by atoms with van der Waals surface area (Å²) in [5.74, 6) is -0.232. The van der Waals surface area contributed by atoms with Crippen molar-refractivity contribution in [1.29, 1.82) is 0 Å². The first-order valence-corrected chi connectivity index (χ1v) is 14.7. The Balaban J connectivity index is 4.74. The summed E-state index contributed by atoms with van der Waals surface area (Å²) in [6, 6.07) is 0. The number of Topliss-reactive ketones (excluding diaryl/α,β-unsaturated/α-hetero) is 1. The van der Waals surface area contributed by atoms with Crippen molar-refractivity contribution in [2.24, 2.45) is 0 Å². The molecular weight excluding hydrogens is 457 g/mol. The first-order chi connectivity index (χ1) is 16.1. The van der Waals surface area contributed by atoms with Crippen LogP contribution in [0.15, 0.2) is 0 Å². The number of unbranched alkanes of at least 4 members (excludes halogenated alkanes) is 10. The van der Waals surface area contributed by atoms with Crippen LogP contribution in [0.1, 0.15) is 97.3 Å². The third-order valence-electron chi connectivity index (χ3n) is 5.68. The zero-order chi connectivity index (χ0) is 25.9. The Morgan fingerprint density at radius 3 is 1.94 bits per heavy atom. The Morgan fingerprint density at radius 1 is 0.882 bits per heavy atom. The number of rotatable bonds is 24. The minimum atomic E-state index is -4.69. The molecule has 204 valence electrons. The third kappa shape index (κ3) is 18.9. The van der Waals surface area contributed by atoms with Gasteiger partial charge in [-0.1, -0.05) is 78.1 Å². The van der Waals surface area contributed by atoms with Crippen molar-refractivity contribution in [3.05, 3.63) is 0 Å². The molecule has 0 aliphatic rings. The van der Waals surface area contributed by atoms with Crippen molar-refractivity contribution in [3.63, 3.8) is 0 Å². The molecule has 0 saturated carbocycles. The molecule has 1 N–H and O–H groups in total. The fraction of sp³-hybridized carbons (Fsp3) is 0.960. The Labute approximate surface area is 208 Å². The number of phosphoric acid groups is 1. The lowest BCUT2D eigenvalue weighted by Gasteiger charge is -2.32. The highest BCUT2D eigenvalue weighted by Gasteiger charge is 2.32. The number of quaternary nitrogens is 1. The van der Waals surface area contributed by atoms with Gasteiger partial charge in [0.15, 0.2) is 5.78 Å². The molecule has 3 atom stereocenters. The first-order valence-electron chi connectivity index (χ1n) is 13.3. The van der Waals surface area contributed by atoms with E-state index in [1.165, 1.54) is 38.5 Å². The van der Waals surface area contributed by atoms with Gasteiger partial charge >= 0.3 is 0 Å². The van der Waals surface area contributed by atoms with Crippen LogP contribution in [0.5, 0.6) is 0 Å². The summed E-state index contributed by atoms with van der Waals surface area (Å²) in [6.07, 6.45) is 10.8. The second-order valence-corrected chi connectivity index (χ2v) is 11.5. The van der Waals surface area contributed by atoms with Gasteiger partial charge in [-0.25, -0.2) is 0 Å². The summed E-state index contributed by atoms with van der Waals surface area (Å²) >= 11 is 0. The van der Waals surface area contributed by atoms with E-state index >= 15 is 0 Å². The second kappa shape index (κ2) is 19.8. The van der Waals surface area contributed by atoms with E-state index in [9.17, 15) is 19.4 Å². The van der Waals surface area contributed by atoms with Gasteiger partial charge in [-0.3, -0.25) is 9.36 Å². The topological polar surface area (TPSA) is 105 Å². The van der Waals surface area contributed by atoms with E-state index in [1.54, 1.807) is 0 Å². The number of likely N-dealkylation sites (N-methyl/N-ethyl adjacent to an activating group) is 1. The summed E-state index contributed by atoms with van der Waals surface area (Å²) in [5, 5.41) is 9.82. The molecule has 0 heterocycles. The fourth-order valence-corrected chi connectivity index (χ4v) is 4.40. The number of ether oxygens (including phenoxy) is 1. The van der Waals surface area contributed by atoms with Crippen LogP contribution in [0.25, 0.3) is 0 Å². The molecule has 34 heavy (non-hydrogen) atoms. The highest BCUT2D eigenvalue weighted by Crippen LogP contribution is 2.40. The monoisotopic (exact) mass is 509 g/mol. The average Bonchev–Trinajstić information content (AvgIpc) is 2.75. The van der Waals surface area contributed by atoms with Gasteiger partial charge in [0.25, 0.3) is 7.82 Å². The van der Waals surface area contributed by atoms with Gasteiger partial charge in [-0.15, -0.1) is 0 Å². The van der Waals surface area contributed by atoms with E-state index in [1.807, 2.05) is 21.1 Å². The van der Waals surface area contributed by atoms with E-state index in [0.29, 0.717) is 17.6 Å². The van der Waals surface area contributed by atoms with Crippen LogP contribution in [-0.4, -0.2) is 75.1 Å². The van der Waals surface area contributed by atoms with Crippen LogP contribution >= 0.6 is 7.82 Å². The predicted molar refractivity (Wildman–Crippen MR) is 135 cm³/mol. The van der Waals surface area contributed by atoms with E-state index in [0.717, 1.165) is 38.5 Å². The summed E-state index contributed by atoms with van der Waals surface area (Å²) in [6.45, 7) is 4.36. The van der Waals surface area contributed by atoms with Crippen molar-refractivity contribution in [2.75, 3.05) is 47.5 Å². The Hall–Kier alpha value is -0.340. The lowest BCUT2D eigenvalue weighted by Crippen LogP contribution is -2.42. The number of aliphatic hydroxyl groups is 1. The molecule has 2 unspecified atom stereocenters. The SMILES string of the molecule is CCCCCCCCCCCC(=O)C(OCCCCC)[C@H](CO)OP(=O)([O-])OCC[N+](C)(C)C. The molecule has 0 aliphatic heterocycles. The summed E-state index contributed by atoms with van der Waals surface area (Å²) in [4.78, 5) is 25.2. The molecule has 0 aliphatic carbocycles. The second-order valence-electron chi connectivity index (χ2n) is 10.2. The number of aliphatic hydroxyl groups excluding tert-OH is 1. The lowest BCUT2D eigenvalue weighted by molar-refractivity contribution is -0.870. The van der Waals surface area contributed by atoms with Crippen molar-refractivity contribution in [3.8, 4) is 0 Å². The zero-order valence-corrected chi connectivity index (χ0v) is 23.4. The smallest absolute Gasteiger partial charge is 0.268 e. The zero-order valence-electron chi connectivity index (χ0n) is 22.5. The quantitative estimate of drug-likeness (QED) is 0.115. The van der Waals surface area contributed by atoms with Crippen LogP contribution in [0.3, 0.4) is 0 Å². The van der Waals surface area contributed by atoms with Crippen LogP contribution in [0, 0.1) is 0 Å². The van der Waals surface area contributed by atoms with Crippen LogP contribution in [-0.2, 0) is 23.1 Å². The molecule has 0 aromatic carbocycles. The first kappa shape index (κ1) is 33.7. The number of carbonyl (C=O) groups is 1. The van der Waals surface area contributed by atoms with Gasteiger partial charge in [-0.2, -0.15) is 0 Å². The molecule has 0 aromatic heterocycles. The van der Waals surface area contributed by atoms with E-state index in [-0.39, 0.29) is 18.8 Å². The molecule has 0 aromatic rings. The largest absolute Gasteiger partial charge is 0.756 e. The molecule has 0 saturated heterocycles. The molecule has 0 fully saturated rings. The maximum Gasteiger partial charge on any atom is 0.268 e. The molecule has 0 bridgehead atoms. The Morgan fingerprint density at radius 2 is 1.41 bits per heavy atom. The normalized spacial score (nSPS) is 15.7. The molecular formula is C25H52NO7P. The molecule has 0 rings (SSSR count). The van der Waals surface area contributed by atoms with Gasteiger partial charge in [0.2, 0.25) is 0 Å². The van der Waals surface area contributed by atoms with E-state index in [4.69, 9.17) is 13.8 Å². The molecule has 0 spiro atoms. The number of carbonyl (C=O) groups excluding carboxylic acids is 1. The minimum absolute atomic E-state index is 0.0448. The summed E-state index contributed by atoms with van der Waals surface area (Å²) in [5.41, 5.74) is 0. The highest BCUT2D eigenvalue weighted by molar-refractivity contribution is 7.45. The van der Waals surface area contributed by atoms with E-state index in [2.05, 4.69) is 13.8 Å². The molecule has 0 amide bonds. The highest BCUT2D eigenvalue weighted by atomic mass is 31.2. The number of phosphoric ester groups is 1. The maximum absolute atomic E-state index is 12.9. The molecule has 0 radical (unpaired) electrons. The van der Waals surface area contributed by atoms with Crippen molar-refractivity contribution >= 4 is 13.6 Å². The van der Waals surface area contributed by atoms with Gasteiger partial charge in [0.1, 0.15) is 25.4 Å². The van der Waals surface area contributed by atoms with Crippen molar-refractivity contribution in [1.82, 2.24) is 0 Å². The number of nitrogens with zero attached hydrogens (tertiary/aromatic N) is 1. The van der Waals surface area contributed by atoms with Crippen LogP contribution < -0.4 is 4.89 Å². The Bertz CT molecular complexity index is 554. The summed E-state index contributed by atoms with van der Waals surface area (Å²) in [7, 11) is 1.06. The number of ketones is 1. The Kier molecular flexibility index (Phi) is 19.6. The minimum Gasteiger partial charge on any atom is -0.756 e. The van der Waals surface area contributed by atoms with Crippen LogP contribution in [0.4, 0.5) is 0 Å². The molecule has 8 nitrogen and oxygen atoms in total. The van der Waals surface area contributed by atoms with Crippen LogP contribution in [0.2, 0.25) is 0 Å². The maximum atomic E-state index is 12.9. The lowest BCUT2D eigenvalue weighted by atomic mass is 10.0. The van der Waals surface area contributed by atoms with Gasteiger partial charge in [0, 0.05) is 13.0 Å². The predicted octanol–water partition coefficient (Wildman–Crippen LogP) is 4.62. The number of hydrogen-bond donors (Lipinski definition) is 1. The fourth-order valence-electron chi connectivity index (χ4n) is 3.53. The van der Waals surface area contributed by atoms with Crippen molar-refractivity contribution in [2.45, 2.75) is 110 Å². The van der Waals surface area contributed by atoms with Gasteiger partial charge in [0.05, 0.1) is 27.7 Å². The standard InChI is InChI=1S/C25H52NO7P/c1-6-8-10-11-12-13-14-15-16-18-23(28)25(31-20-17-9-7-2)24(22-27)33-34(29,30)32-21-19-26(3,4)5/h24-25,27H,6-22H2,1-5H3/t24-,25?/m0/s1. The summed E-state index contributed by atoms with van der Waals surface area (Å²) < 4.78 is 28.7. The average molecular weight is 510 g/mol. The molecule has 9 heteroatoms.